The lowest BCUT2D eigenvalue weighted by atomic mass is 10.1. The highest BCUT2D eigenvalue weighted by Crippen LogP contribution is 2.13. The zero-order valence-corrected chi connectivity index (χ0v) is 13.0. The van der Waals surface area contributed by atoms with E-state index in [0.717, 1.165) is 5.56 Å². The van der Waals surface area contributed by atoms with E-state index in [-0.39, 0.29) is 17.2 Å². The van der Waals surface area contributed by atoms with Crippen molar-refractivity contribution in [3.05, 3.63) is 51.9 Å². The average molecular weight is 314 g/mol. The quantitative estimate of drug-likeness (QED) is 0.644. The second kappa shape index (κ2) is 7.40. The van der Waals surface area contributed by atoms with Gasteiger partial charge in [-0.1, -0.05) is 11.6 Å². The van der Waals surface area contributed by atoms with E-state index in [4.69, 9.17) is 4.42 Å². The molecule has 0 aliphatic rings. The maximum Gasteiger partial charge on any atom is 0.244 e. The Bertz CT molecular complexity index is 821. The number of hydrogen-bond donors (Lipinski definition) is 2. The molecule has 0 saturated heterocycles. The Morgan fingerprint density at radius 1 is 1.22 bits per heavy atom. The van der Waals surface area contributed by atoms with Gasteiger partial charge >= 0.3 is 0 Å². The fraction of sp³-hybridized carbons (Fsp3) is 0.235. The Hall–Kier alpha value is -2.89. The molecule has 0 aliphatic heterocycles. The van der Waals surface area contributed by atoms with Crippen LogP contribution >= 0.6 is 0 Å². The van der Waals surface area contributed by atoms with Gasteiger partial charge in [0, 0.05) is 26.1 Å². The maximum atomic E-state index is 12.3. The monoisotopic (exact) mass is 314 g/mol. The number of hydrogen-bond acceptors (Lipinski definition) is 4. The standard InChI is InChI=1S/C17H18N2O4/c1-11-3-5-15-14(9-11)17(22)13(10-23-15)4-6-16(21)19-8-7-18-12(2)20/h3-6,9-10H,7-8H2,1-2H3,(H,18,20)(H,19,21)/b6-4+. The molecule has 0 spiro atoms. The van der Waals surface area contributed by atoms with Gasteiger partial charge in [-0.25, -0.2) is 0 Å². The second-order valence-electron chi connectivity index (χ2n) is 5.13. The fourth-order valence-corrected chi connectivity index (χ4v) is 2.02. The molecule has 6 nitrogen and oxygen atoms in total. The van der Waals surface area contributed by atoms with E-state index in [2.05, 4.69) is 10.6 Å². The molecule has 2 N–H and O–H groups in total. The molecule has 6 heteroatoms. The lowest BCUT2D eigenvalue weighted by molar-refractivity contribution is -0.119. The number of aryl methyl sites for hydroxylation is 1. The van der Waals surface area contributed by atoms with Crippen LogP contribution in [0.3, 0.4) is 0 Å². The molecule has 2 aromatic rings. The number of carbonyl (C=O) groups excluding carboxylic acids is 2. The van der Waals surface area contributed by atoms with Gasteiger partial charge in [0.25, 0.3) is 0 Å². The molecule has 1 aromatic carbocycles. The summed E-state index contributed by atoms with van der Waals surface area (Å²) in [5, 5.41) is 5.65. The highest BCUT2D eigenvalue weighted by Gasteiger charge is 2.05. The molecule has 2 amide bonds. The summed E-state index contributed by atoms with van der Waals surface area (Å²) in [6.45, 7) is 3.97. The lowest BCUT2D eigenvalue weighted by Gasteiger charge is -2.02. The maximum absolute atomic E-state index is 12.3. The second-order valence-corrected chi connectivity index (χ2v) is 5.13. The molecule has 0 fully saturated rings. The number of nitrogens with one attached hydrogen (secondary N) is 2. The molecule has 0 saturated carbocycles. The summed E-state index contributed by atoms with van der Waals surface area (Å²) in [6.07, 6.45) is 4.02. The minimum Gasteiger partial charge on any atom is -0.463 e. The third-order valence-electron chi connectivity index (χ3n) is 3.17. The molecular weight excluding hydrogens is 296 g/mol. The van der Waals surface area contributed by atoms with Gasteiger partial charge in [-0.3, -0.25) is 14.4 Å². The third-order valence-corrected chi connectivity index (χ3v) is 3.17. The molecule has 2 rings (SSSR count). The predicted molar refractivity (Wildman–Crippen MR) is 87.9 cm³/mol. The van der Waals surface area contributed by atoms with Gasteiger partial charge in [0.05, 0.1) is 10.9 Å². The molecule has 0 radical (unpaired) electrons. The summed E-state index contributed by atoms with van der Waals surface area (Å²) in [6, 6.07) is 5.36. The predicted octanol–water partition coefficient (Wildman–Crippen LogP) is 1.37. The summed E-state index contributed by atoms with van der Waals surface area (Å²) < 4.78 is 5.41. The van der Waals surface area contributed by atoms with Crippen molar-refractivity contribution in [2.24, 2.45) is 0 Å². The molecular formula is C17H18N2O4. The van der Waals surface area contributed by atoms with Crippen LogP contribution < -0.4 is 16.1 Å². The minimum absolute atomic E-state index is 0.154. The van der Waals surface area contributed by atoms with Crippen LogP contribution in [0.2, 0.25) is 0 Å². The van der Waals surface area contributed by atoms with Gasteiger partial charge in [-0.05, 0) is 25.1 Å². The smallest absolute Gasteiger partial charge is 0.244 e. The van der Waals surface area contributed by atoms with Gasteiger partial charge in [0.1, 0.15) is 11.8 Å². The largest absolute Gasteiger partial charge is 0.463 e. The average Bonchev–Trinajstić information content (AvgIpc) is 2.51. The normalized spacial score (nSPS) is 10.9. The van der Waals surface area contributed by atoms with Gasteiger partial charge < -0.3 is 15.1 Å². The van der Waals surface area contributed by atoms with Crippen molar-refractivity contribution >= 4 is 28.9 Å². The van der Waals surface area contributed by atoms with Crippen molar-refractivity contribution in [1.29, 1.82) is 0 Å². The van der Waals surface area contributed by atoms with Crippen LogP contribution in [0.5, 0.6) is 0 Å². The minimum atomic E-state index is -0.348. The van der Waals surface area contributed by atoms with E-state index in [1.807, 2.05) is 13.0 Å². The van der Waals surface area contributed by atoms with Crippen molar-refractivity contribution in [2.75, 3.05) is 13.1 Å². The highest BCUT2D eigenvalue weighted by molar-refractivity contribution is 5.92. The first-order chi connectivity index (χ1) is 11.0. The third kappa shape index (κ3) is 4.54. The van der Waals surface area contributed by atoms with E-state index in [1.165, 1.54) is 25.3 Å². The van der Waals surface area contributed by atoms with Gasteiger partial charge in [-0.2, -0.15) is 0 Å². The summed E-state index contributed by atoms with van der Waals surface area (Å²) >= 11 is 0. The Balaban J connectivity index is 2.06. The van der Waals surface area contributed by atoms with E-state index in [1.54, 1.807) is 12.1 Å². The number of benzene rings is 1. The van der Waals surface area contributed by atoms with Crippen LogP contribution in [0.25, 0.3) is 17.0 Å². The molecule has 120 valence electrons. The summed E-state index contributed by atoms with van der Waals surface area (Å²) in [5.41, 5.74) is 1.59. The van der Waals surface area contributed by atoms with Crippen molar-refractivity contribution in [1.82, 2.24) is 10.6 Å². The van der Waals surface area contributed by atoms with Crippen LogP contribution in [0.15, 0.2) is 39.7 Å². The SMILES string of the molecule is CC(=O)NCCNC(=O)/C=C/c1coc2ccc(C)cc2c1=O. The summed E-state index contributed by atoms with van der Waals surface area (Å²) in [7, 11) is 0. The topological polar surface area (TPSA) is 88.4 Å². The van der Waals surface area contributed by atoms with Gasteiger partial charge in [0.2, 0.25) is 11.8 Å². The van der Waals surface area contributed by atoms with E-state index in [9.17, 15) is 14.4 Å². The highest BCUT2D eigenvalue weighted by atomic mass is 16.3. The van der Waals surface area contributed by atoms with Crippen LogP contribution in [-0.4, -0.2) is 24.9 Å². The molecule has 23 heavy (non-hydrogen) atoms. The molecule has 0 aliphatic carbocycles. The first-order valence-corrected chi connectivity index (χ1v) is 7.20. The van der Waals surface area contributed by atoms with Crippen LogP contribution in [-0.2, 0) is 9.59 Å². The van der Waals surface area contributed by atoms with Crippen LogP contribution in [0, 0.1) is 6.92 Å². The van der Waals surface area contributed by atoms with Crippen molar-refractivity contribution < 1.29 is 14.0 Å². The Morgan fingerprint density at radius 2 is 1.96 bits per heavy atom. The van der Waals surface area contributed by atoms with E-state index >= 15 is 0 Å². The van der Waals surface area contributed by atoms with E-state index in [0.29, 0.717) is 29.6 Å². The first-order valence-electron chi connectivity index (χ1n) is 7.20. The number of rotatable bonds is 5. The number of fused-ring (bicyclic) bond motifs is 1. The molecule has 1 heterocycles. The molecule has 0 atom stereocenters. The molecule has 0 bridgehead atoms. The Labute approximate surface area is 133 Å². The molecule has 0 unspecified atom stereocenters. The van der Waals surface area contributed by atoms with E-state index < -0.39 is 0 Å². The van der Waals surface area contributed by atoms with Gasteiger partial charge in [0.15, 0.2) is 5.43 Å². The van der Waals surface area contributed by atoms with Crippen LogP contribution in [0.4, 0.5) is 0 Å². The Morgan fingerprint density at radius 3 is 2.70 bits per heavy atom. The van der Waals surface area contributed by atoms with Crippen molar-refractivity contribution in [3.63, 3.8) is 0 Å². The van der Waals surface area contributed by atoms with Crippen molar-refractivity contribution in [3.8, 4) is 0 Å². The zero-order valence-electron chi connectivity index (χ0n) is 13.0. The fourth-order valence-electron chi connectivity index (χ4n) is 2.02. The summed E-state index contributed by atoms with van der Waals surface area (Å²) in [5.74, 6) is -0.502. The first kappa shape index (κ1) is 16.5. The van der Waals surface area contributed by atoms with Gasteiger partial charge in [-0.15, -0.1) is 0 Å². The lowest BCUT2D eigenvalue weighted by Crippen LogP contribution is -2.32. The summed E-state index contributed by atoms with van der Waals surface area (Å²) in [4.78, 5) is 34.7. The molecule has 1 aromatic heterocycles. The number of carbonyl (C=O) groups is 2. The van der Waals surface area contributed by atoms with Crippen LogP contribution in [0.1, 0.15) is 18.1 Å². The number of amides is 2. The Kier molecular flexibility index (Phi) is 5.30. The zero-order chi connectivity index (χ0) is 16.8. The van der Waals surface area contributed by atoms with Crippen molar-refractivity contribution in [2.45, 2.75) is 13.8 Å².